The van der Waals surface area contributed by atoms with Gasteiger partial charge in [0, 0.05) is 37.6 Å². The van der Waals surface area contributed by atoms with Gasteiger partial charge < -0.3 is 9.72 Å². The van der Waals surface area contributed by atoms with E-state index >= 15 is 0 Å². The van der Waals surface area contributed by atoms with Gasteiger partial charge in [-0.05, 0) is 18.7 Å². The van der Waals surface area contributed by atoms with Crippen molar-refractivity contribution < 1.29 is 17.9 Å². The number of H-pyrrole nitrogens is 1. The van der Waals surface area contributed by atoms with Crippen LogP contribution in [0.3, 0.4) is 0 Å². The van der Waals surface area contributed by atoms with Gasteiger partial charge in [-0.2, -0.15) is 4.31 Å². The first-order chi connectivity index (χ1) is 12.5. The summed E-state index contributed by atoms with van der Waals surface area (Å²) in [6.45, 7) is 4.38. The number of ether oxygens (including phenoxy) is 1. The average molecular weight is 376 g/mol. The number of imidazole rings is 1. The van der Waals surface area contributed by atoms with Crippen LogP contribution in [0.4, 0.5) is 0 Å². The molecule has 138 valence electrons. The van der Waals surface area contributed by atoms with E-state index in [4.69, 9.17) is 4.74 Å². The highest BCUT2D eigenvalue weighted by Gasteiger charge is 2.36. The molecule has 3 heterocycles. The molecule has 1 saturated heterocycles. The Morgan fingerprint density at radius 1 is 1.35 bits per heavy atom. The van der Waals surface area contributed by atoms with Crippen molar-refractivity contribution in [3.05, 3.63) is 47.5 Å². The Hall–Kier alpha value is -2.23. The van der Waals surface area contributed by atoms with E-state index in [1.807, 2.05) is 6.92 Å². The van der Waals surface area contributed by atoms with Crippen LogP contribution < -0.4 is 0 Å². The standard InChI is InChI=1S/C17H20N4O4S/c1-2-20-7-8-21(10-15(20)16-18-5-6-19-16)26(23,24)13-4-3-12-11-25-17(22)14(12)9-13/h3-6,9,15H,2,7-8,10-11H2,1H3,(H,18,19). The zero-order valence-electron chi connectivity index (χ0n) is 14.4. The van der Waals surface area contributed by atoms with Gasteiger partial charge in [0.1, 0.15) is 12.4 Å². The molecule has 1 fully saturated rings. The summed E-state index contributed by atoms with van der Waals surface area (Å²) in [6, 6.07) is 4.50. The Morgan fingerprint density at radius 3 is 2.92 bits per heavy atom. The monoisotopic (exact) mass is 376 g/mol. The first kappa shape index (κ1) is 17.2. The van der Waals surface area contributed by atoms with E-state index in [0.717, 1.165) is 17.9 Å². The number of nitrogens with one attached hydrogen (secondary N) is 1. The van der Waals surface area contributed by atoms with Crippen molar-refractivity contribution in [1.29, 1.82) is 0 Å². The smallest absolute Gasteiger partial charge is 0.338 e. The number of hydrogen-bond donors (Lipinski definition) is 1. The highest BCUT2D eigenvalue weighted by atomic mass is 32.2. The number of benzene rings is 1. The largest absolute Gasteiger partial charge is 0.457 e. The van der Waals surface area contributed by atoms with Crippen LogP contribution in [0.25, 0.3) is 0 Å². The molecule has 0 saturated carbocycles. The molecule has 2 aliphatic rings. The molecule has 1 aromatic heterocycles. The number of sulfonamides is 1. The van der Waals surface area contributed by atoms with Gasteiger partial charge in [-0.15, -0.1) is 0 Å². The van der Waals surface area contributed by atoms with Gasteiger partial charge in [-0.1, -0.05) is 13.0 Å². The molecule has 0 spiro atoms. The van der Waals surface area contributed by atoms with Gasteiger partial charge in [0.05, 0.1) is 16.5 Å². The normalized spacial score (nSPS) is 21.6. The first-order valence-electron chi connectivity index (χ1n) is 8.54. The predicted molar refractivity (Wildman–Crippen MR) is 92.9 cm³/mol. The molecule has 26 heavy (non-hydrogen) atoms. The number of piperazine rings is 1. The van der Waals surface area contributed by atoms with Crippen molar-refractivity contribution in [1.82, 2.24) is 19.2 Å². The fourth-order valence-corrected chi connectivity index (χ4v) is 4.98. The summed E-state index contributed by atoms with van der Waals surface area (Å²) in [6.07, 6.45) is 3.41. The molecule has 1 aromatic carbocycles. The lowest BCUT2D eigenvalue weighted by Gasteiger charge is -2.39. The number of aromatic amines is 1. The lowest BCUT2D eigenvalue weighted by molar-refractivity contribution is 0.0535. The third-order valence-corrected chi connectivity index (χ3v) is 6.85. The number of carbonyl (C=O) groups is 1. The minimum atomic E-state index is -3.71. The quantitative estimate of drug-likeness (QED) is 0.804. The van der Waals surface area contributed by atoms with Crippen LogP contribution in [0, 0.1) is 0 Å². The third kappa shape index (κ3) is 2.81. The Bertz CT molecular complexity index is 926. The van der Waals surface area contributed by atoms with Gasteiger partial charge in [-0.25, -0.2) is 18.2 Å². The highest BCUT2D eigenvalue weighted by molar-refractivity contribution is 7.89. The summed E-state index contributed by atoms with van der Waals surface area (Å²) >= 11 is 0. The SMILES string of the molecule is CCN1CCN(S(=O)(=O)c2ccc3c(c2)C(=O)OC3)CC1c1ncc[nH]1. The van der Waals surface area contributed by atoms with Crippen molar-refractivity contribution in [2.24, 2.45) is 0 Å². The molecule has 1 N–H and O–H groups in total. The van der Waals surface area contributed by atoms with E-state index in [9.17, 15) is 13.2 Å². The van der Waals surface area contributed by atoms with Crippen molar-refractivity contribution in [2.75, 3.05) is 26.2 Å². The van der Waals surface area contributed by atoms with E-state index in [-0.39, 0.29) is 17.5 Å². The van der Waals surface area contributed by atoms with Gasteiger partial charge in [0.25, 0.3) is 0 Å². The number of likely N-dealkylation sites (N-methyl/N-ethyl adjacent to an activating group) is 1. The summed E-state index contributed by atoms with van der Waals surface area (Å²) in [7, 11) is -3.71. The second-order valence-corrected chi connectivity index (χ2v) is 8.31. The maximum absolute atomic E-state index is 13.1. The minimum absolute atomic E-state index is 0.123. The van der Waals surface area contributed by atoms with Crippen LogP contribution in [0.1, 0.15) is 34.7 Å². The van der Waals surface area contributed by atoms with Gasteiger partial charge in [-0.3, -0.25) is 4.90 Å². The van der Waals surface area contributed by atoms with E-state index in [2.05, 4.69) is 14.9 Å². The molecule has 4 rings (SSSR count). The van der Waals surface area contributed by atoms with Crippen LogP contribution in [0.2, 0.25) is 0 Å². The number of aromatic nitrogens is 2. The van der Waals surface area contributed by atoms with Crippen LogP contribution in [-0.4, -0.2) is 59.7 Å². The van der Waals surface area contributed by atoms with Crippen LogP contribution >= 0.6 is 0 Å². The van der Waals surface area contributed by atoms with E-state index in [0.29, 0.717) is 25.2 Å². The van der Waals surface area contributed by atoms with Crippen molar-refractivity contribution in [3.8, 4) is 0 Å². The van der Waals surface area contributed by atoms with E-state index in [1.54, 1.807) is 24.5 Å². The highest BCUT2D eigenvalue weighted by Crippen LogP contribution is 2.29. The number of esters is 1. The lowest BCUT2D eigenvalue weighted by atomic mass is 10.1. The fraction of sp³-hybridized carbons (Fsp3) is 0.412. The topological polar surface area (TPSA) is 95.6 Å². The Morgan fingerprint density at radius 2 is 2.19 bits per heavy atom. The molecule has 0 amide bonds. The molecule has 2 aromatic rings. The van der Waals surface area contributed by atoms with Gasteiger partial charge in [0.2, 0.25) is 10.0 Å². The number of carbonyl (C=O) groups excluding carboxylic acids is 1. The van der Waals surface area contributed by atoms with Crippen molar-refractivity contribution >= 4 is 16.0 Å². The second kappa shape index (κ2) is 6.49. The summed E-state index contributed by atoms with van der Waals surface area (Å²) in [5.74, 6) is 0.283. The Balaban J connectivity index is 1.64. The molecule has 0 aliphatic carbocycles. The molecule has 0 radical (unpaired) electrons. The summed E-state index contributed by atoms with van der Waals surface area (Å²) in [5, 5.41) is 0. The molecular weight excluding hydrogens is 356 g/mol. The minimum Gasteiger partial charge on any atom is -0.457 e. The van der Waals surface area contributed by atoms with E-state index in [1.165, 1.54) is 10.4 Å². The molecule has 0 bridgehead atoms. The Kier molecular flexibility index (Phi) is 4.29. The fourth-order valence-electron chi connectivity index (χ4n) is 3.51. The van der Waals surface area contributed by atoms with E-state index < -0.39 is 16.0 Å². The summed E-state index contributed by atoms with van der Waals surface area (Å²) in [5.41, 5.74) is 1.05. The second-order valence-electron chi connectivity index (χ2n) is 6.38. The molecule has 1 atom stereocenters. The zero-order valence-corrected chi connectivity index (χ0v) is 15.2. The third-order valence-electron chi connectivity index (χ3n) is 4.99. The molecular formula is C17H20N4O4S. The molecule has 1 unspecified atom stereocenters. The molecule has 8 nitrogen and oxygen atoms in total. The summed E-state index contributed by atoms with van der Waals surface area (Å²) in [4.78, 5) is 21.5. The Labute approximate surface area is 151 Å². The van der Waals surface area contributed by atoms with Crippen molar-refractivity contribution in [2.45, 2.75) is 24.5 Å². The lowest BCUT2D eigenvalue weighted by Crippen LogP contribution is -2.50. The summed E-state index contributed by atoms with van der Waals surface area (Å²) < 4.78 is 32.7. The first-order valence-corrected chi connectivity index (χ1v) is 9.98. The predicted octanol–water partition coefficient (Wildman–Crippen LogP) is 1.15. The number of cyclic esters (lactones) is 1. The number of hydrogen-bond acceptors (Lipinski definition) is 6. The van der Waals surface area contributed by atoms with Crippen LogP contribution in [0.15, 0.2) is 35.5 Å². The number of nitrogens with zero attached hydrogens (tertiary/aromatic N) is 3. The molecule has 9 heteroatoms. The zero-order chi connectivity index (χ0) is 18.3. The maximum atomic E-state index is 13.1. The van der Waals surface area contributed by atoms with Crippen molar-refractivity contribution in [3.63, 3.8) is 0 Å². The number of rotatable bonds is 4. The number of fused-ring (bicyclic) bond motifs is 1. The molecule has 2 aliphatic heterocycles. The van der Waals surface area contributed by atoms with Gasteiger partial charge >= 0.3 is 5.97 Å². The average Bonchev–Trinajstić information content (AvgIpc) is 3.31. The van der Waals surface area contributed by atoms with Gasteiger partial charge in [0.15, 0.2) is 0 Å². The van der Waals surface area contributed by atoms with Crippen LogP contribution in [-0.2, 0) is 21.4 Å². The van der Waals surface area contributed by atoms with Crippen LogP contribution in [0.5, 0.6) is 0 Å². The maximum Gasteiger partial charge on any atom is 0.338 e.